The van der Waals surface area contributed by atoms with Crippen LogP contribution in [0.2, 0.25) is 0 Å². The minimum absolute atomic E-state index is 0.243. The van der Waals surface area contributed by atoms with Crippen molar-refractivity contribution in [2.24, 2.45) is 5.73 Å². The highest BCUT2D eigenvalue weighted by molar-refractivity contribution is 7.89. The molecule has 0 fully saturated rings. The molecule has 2 rings (SSSR count). The van der Waals surface area contributed by atoms with Crippen LogP contribution in [-0.4, -0.2) is 8.42 Å². The highest BCUT2D eigenvalue weighted by Gasteiger charge is 2.19. The largest absolute Gasteiger partial charge is 0.326 e. The molecule has 3 N–H and O–H groups in total. The lowest BCUT2D eigenvalue weighted by Gasteiger charge is -2.13. The Morgan fingerprint density at radius 3 is 2.35 bits per heavy atom. The number of thiophene rings is 1. The number of hydrogen-bond donors (Lipinski definition) is 2. The Morgan fingerprint density at radius 2 is 1.85 bits per heavy atom. The maximum atomic E-state index is 12.3. The molecule has 0 spiro atoms. The minimum atomic E-state index is -3.51. The van der Waals surface area contributed by atoms with Crippen molar-refractivity contribution >= 4 is 21.4 Å². The van der Waals surface area contributed by atoms with Gasteiger partial charge in [0.2, 0.25) is 10.0 Å². The topological polar surface area (TPSA) is 72.2 Å². The molecule has 0 aliphatic carbocycles. The Hall–Kier alpha value is -1.21. The summed E-state index contributed by atoms with van der Waals surface area (Å²) >= 11 is 1.59. The van der Waals surface area contributed by atoms with Crippen molar-refractivity contribution in [3.63, 3.8) is 0 Å². The average Bonchev–Trinajstić information content (AvgIpc) is 2.85. The molecule has 0 aliphatic rings. The van der Waals surface area contributed by atoms with Crippen LogP contribution in [0.15, 0.2) is 41.3 Å². The van der Waals surface area contributed by atoms with Gasteiger partial charge in [0, 0.05) is 16.3 Å². The van der Waals surface area contributed by atoms with E-state index in [-0.39, 0.29) is 10.9 Å². The Labute approximate surface area is 123 Å². The summed E-state index contributed by atoms with van der Waals surface area (Å²) in [6.45, 7) is 4.25. The second kappa shape index (κ2) is 6.05. The molecule has 4 nitrogen and oxygen atoms in total. The van der Waals surface area contributed by atoms with E-state index in [0.717, 1.165) is 10.4 Å². The third kappa shape index (κ3) is 3.46. The lowest BCUT2D eigenvalue weighted by molar-refractivity contribution is 0.568. The zero-order valence-electron chi connectivity index (χ0n) is 11.5. The van der Waals surface area contributed by atoms with E-state index in [0.29, 0.717) is 6.54 Å². The molecule has 0 amide bonds. The van der Waals surface area contributed by atoms with Crippen LogP contribution < -0.4 is 10.5 Å². The van der Waals surface area contributed by atoms with Crippen LogP contribution in [0.5, 0.6) is 0 Å². The van der Waals surface area contributed by atoms with Gasteiger partial charge in [-0.05, 0) is 43.7 Å². The van der Waals surface area contributed by atoms with E-state index in [1.807, 2.05) is 26.0 Å². The second-order valence-corrected chi connectivity index (χ2v) is 7.67. The van der Waals surface area contributed by atoms with Crippen LogP contribution in [0.4, 0.5) is 0 Å². The third-order valence-electron chi connectivity index (χ3n) is 2.99. The van der Waals surface area contributed by atoms with Crippen LogP contribution in [0, 0.1) is 6.92 Å². The van der Waals surface area contributed by atoms with Crippen molar-refractivity contribution in [1.29, 1.82) is 0 Å². The van der Waals surface area contributed by atoms with Crippen LogP contribution in [-0.2, 0) is 16.6 Å². The van der Waals surface area contributed by atoms with Gasteiger partial charge in [0.25, 0.3) is 0 Å². The van der Waals surface area contributed by atoms with Crippen LogP contribution in [0.3, 0.4) is 0 Å². The minimum Gasteiger partial charge on any atom is -0.326 e. The van der Waals surface area contributed by atoms with Gasteiger partial charge >= 0.3 is 0 Å². The summed E-state index contributed by atoms with van der Waals surface area (Å²) in [4.78, 5) is 2.43. The quantitative estimate of drug-likeness (QED) is 0.891. The SMILES string of the molecule is Cc1ccc(C(C)NS(=O)(=O)c2ccc(CN)cc2)s1. The number of sulfonamides is 1. The van der Waals surface area contributed by atoms with Crippen LogP contribution in [0.1, 0.15) is 28.3 Å². The van der Waals surface area contributed by atoms with Crippen molar-refractivity contribution in [1.82, 2.24) is 4.72 Å². The fraction of sp³-hybridized carbons (Fsp3) is 0.286. The summed E-state index contributed by atoms with van der Waals surface area (Å²) in [6.07, 6.45) is 0. The zero-order valence-corrected chi connectivity index (χ0v) is 13.1. The molecule has 0 radical (unpaired) electrons. The summed E-state index contributed by atoms with van der Waals surface area (Å²) in [6, 6.07) is 10.3. The Morgan fingerprint density at radius 1 is 1.20 bits per heavy atom. The first kappa shape index (κ1) is 15.2. The zero-order chi connectivity index (χ0) is 14.8. The lowest BCUT2D eigenvalue weighted by Crippen LogP contribution is -2.26. The van der Waals surface area contributed by atoms with E-state index in [1.54, 1.807) is 35.6 Å². The standard InChI is InChI=1S/C14H18N2O2S2/c1-10-3-8-14(19-10)11(2)16-20(17,18)13-6-4-12(9-15)5-7-13/h3-8,11,16H,9,15H2,1-2H3. The molecule has 1 aromatic heterocycles. The molecule has 1 unspecified atom stereocenters. The first-order valence-electron chi connectivity index (χ1n) is 6.30. The Balaban J connectivity index is 2.17. The van der Waals surface area contributed by atoms with Gasteiger partial charge in [-0.2, -0.15) is 0 Å². The summed E-state index contributed by atoms with van der Waals surface area (Å²) in [7, 11) is -3.51. The van der Waals surface area contributed by atoms with E-state index < -0.39 is 10.0 Å². The molecular formula is C14H18N2O2S2. The summed E-state index contributed by atoms with van der Waals surface area (Å²) in [5.74, 6) is 0. The van der Waals surface area contributed by atoms with E-state index in [4.69, 9.17) is 5.73 Å². The molecule has 6 heteroatoms. The number of rotatable bonds is 5. The molecule has 0 bridgehead atoms. The molecule has 108 valence electrons. The summed E-state index contributed by atoms with van der Waals surface area (Å²) in [5.41, 5.74) is 6.41. The van der Waals surface area contributed by atoms with Gasteiger partial charge in [0.15, 0.2) is 0 Å². The van der Waals surface area contributed by atoms with Gasteiger partial charge in [-0.3, -0.25) is 0 Å². The molecular weight excluding hydrogens is 292 g/mol. The number of aryl methyl sites for hydroxylation is 1. The van der Waals surface area contributed by atoms with E-state index >= 15 is 0 Å². The van der Waals surface area contributed by atoms with E-state index in [9.17, 15) is 8.42 Å². The highest BCUT2D eigenvalue weighted by Crippen LogP contribution is 2.24. The number of nitrogens with two attached hydrogens (primary N) is 1. The van der Waals surface area contributed by atoms with E-state index in [2.05, 4.69) is 4.72 Å². The summed E-state index contributed by atoms with van der Waals surface area (Å²) < 4.78 is 27.3. The van der Waals surface area contributed by atoms with Crippen LogP contribution >= 0.6 is 11.3 Å². The van der Waals surface area contributed by atoms with Gasteiger partial charge in [0.05, 0.1) is 10.9 Å². The number of hydrogen-bond acceptors (Lipinski definition) is 4. The first-order valence-corrected chi connectivity index (χ1v) is 8.60. The Kier molecular flexibility index (Phi) is 4.59. The maximum Gasteiger partial charge on any atom is 0.241 e. The number of benzene rings is 1. The molecule has 0 aliphatic heterocycles. The normalized spacial score (nSPS) is 13.3. The van der Waals surface area contributed by atoms with Crippen LogP contribution in [0.25, 0.3) is 0 Å². The monoisotopic (exact) mass is 310 g/mol. The molecule has 1 heterocycles. The van der Waals surface area contributed by atoms with Gasteiger partial charge in [-0.1, -0.05) is 12.1 Å². The van der Waals surface area contributed by atoms with Gasteiger partial charge in [0.1, 0.15) is 0 Å². The van der Waals surface area contributed by atoms with Crippen molar-refractivity contribution in [2.75, 3.05) is 0 Å². The molecule has 1 aromatic carbocycles. The van der Waals surface area contributed by atoms with Crippen molar-refractivity contribution in [3.05, 3.63) is 51.7 Å². The molecule has 1 atom stereocenters. The predicted octanol–water partition coefficient (Wildman–Crippen LogP) is 2.55. The fourth-order valence-electron chi connectivity index (χ4n) is 1.85. The van der Waals surface area contributed by atoms with Gasteiger partial charge in [-0.15, -0.1) is 11.3 Å². The Bertz CT molecular complexity index is 675. The van der Waals surface area contributed by atoms with Crippen molar-refractivity contribution in [2.45, 2.75) is 31.3 Å². The molecule has 0 saturated heterocycles. The summed E-state index contributed by atoms with van der Waals surface area (Å²) in [5, 5.41) is 0. The fourth-order valence-corrected chi connectivity index (χ4v) is 4.03. The first-order chi connectivity index (χ1) is 9.42. The maximum absolute atomic E-state index is 12.3. The molecule has 20 heavy (non-hydrogen) atoms. The smallest absolute Gasteiger partial charge is 0.241 e. The van der Waals surface area contributed by atoms with E-state index in [1.165, 1.54) is 4.88 Å². The van der Waals surface area contributed by atoms with Gasteiger partial charge < -0.3 is 5.73 Å². The highest BCUT2D eigenvalue weighted by atomic mass is 32.2. The van der Waals surface area contributed by atoms with Gasteiger partial charge in [-0.25, -0.2) is 13.1 Å². The van der Waals surface area contributed by atoms with Crippen molar-refractivity contribution in [3.8, 4) is 0 Å². The van der Waals surface area contributed by atoms with Crippen molar-refractivity contribution < 1.29 is 8.42 Å². The lowest BCUT2D eigenvalue weighted by atomic mass is 10.2. The second-order valence-electron chi connectivity index (χ2n) is 4.64. The predicted molar refractivity (Wildman–Crippen MR) is 82.1 cm³/mol. The third-order valence-corrected chi connectivity index (χ3v) is 5.73. The average molecular weight is 310 g/mol. The molecule has 2 aromatic rings. The molecule has 0 saturated carbocycles. The number of nitrogens with one attached hydrogen (secondary N) is 1.